The molecule has 1 saturated heterocycles. The van der Waals surface area contributed by atoms with Crippen LogP contribution < -0.4 is 5.32 Å². The summed E-state index contributed by atoms with van der Waals surface area (Å²) in [6.07, 6.45) is 15.8. The Balaban J connectivity index is 1.29. The van der Waals surface area contributed by atoms with E-state index in [4.69, 9.17) is 0 Å². The van der Waals surface area contributed by atoms with Gasteiger partial charge in [-0.05, 0) is 62.7 Å². The van der Waals surface area contributed by atoms with Gasteiger partial charge in [0.2, 0.25) is 0 Å². The van der Waals surface area contributed by atoms with Crippen LogP contribution in [0.4, 0.5) is 0 Å². The van der Waals surface area contributed by atoms with Gasteiger partial charge in [-0.25, -0.2) is 0 Å². The molecule has 0 radical (unpaired) electrons. The molecular formula is C30H45N3O. The second-order valence-corrected chi connectivity index (χ2v) is 10.00. The molecule has 2 heterocycles. The first-order valence-electron chi connectivity index (χ1n) is 13.4. The molecule has 34 heavy (non-hydrogen) atoms. The highest BCUT2D eigenvalue weighted by Crippen LogP contribution is 2.35. The fourth-order valence-corrected chi connectivity index (χ4v) is 5.30. The van der Waals surface area contributed by atoms with Crippen molar-refractivity contribution in [1.29, 1.82) is 0 Å². The van der Waals surface area contributed by atoms with Crippen molar-refractivity contribution in [3.63, 3.8) is 0 Å². The van der Waals surface area contributed by atoms with Crippen molar-refractivity contribution in [3.05, 3.63) is 66.4 Å². The molecule has 1 aromatic carbocycles. The molecule has 4 nitrogen and oxygen atoms in total. The van der Waals surface area contributed by atoms with E-state index in [1.54, 1.807) is 0 Å². The Morgan fingerprint density at radius 1 is 1.09 bits per heavy atom. The van der Waals surface area contributed by atoms with Crippen LogP contribution in [0.2, 0.25) is 0 Å². The lowest BCUT2D eigenvalue weighted by atomic mass is 10.0. The van der Waals surface area contributed by atoms with Crippen LogP contribution in [0.15, 0.2) is 49.7 Å². The second-order valence-electron chi connectivity index (χ2n) is 10.00. The van der Waals surface area contributed by atoms with Gasteiger partial charge >= 0.3 is 0 Å². The number of benzene rings is 1. The first-order valence-corrected chi connectivity index (χ1v) is 13.4. The molecular weight excluding hydrogens is 418 g/mol. The van der Waals surface area contributed by atoms with Crippen molar-refractivity contribution in [1.82, 2.24) is 15.1 Å². The average Bonchev–Trinajstić information content (AvgIpc) is 3.17. The Kier molecular flexibility index (Phi) is 10.9. The number of hydrogen-bond acceptors (Lipinski definition) is 4. The number of carbonyl (C=O) groups is 1. The highest BCUT2D eigenvalue weighted by Gasteiger charge is 2.26. The largest absolute Gasteiger partial charge is 0.388 e. The third-order valence-electron chi connectivity index (χ3n) is 7.30. The van der Waals surface area contributed by atoms with E-state index in [2.05, 4.69) is 53.1 Å². The monoisotopic (exact) mass is 463 g/mol. The van der Waals surface area contributed by atoms with Crippen molar-refractivity contribution < 1.29 is 4.79 Å². The van der Waals surface area contributed by atoms with Gasteiger partial charge in [-0.15, -0.1) is 6.58 Å². The van der Waals surface area contributed by atoms with Gasteiger partial charge < -0.3 is 15.0 Å². The molecule has 0 spiro atoms. The molecule has 0 saturated carbocycles. The summed E-state index contributed by atoms with van der Waals surface area (Å²) in [4.78, 5) is 15.6. The highest BCUT2D eigenvalue weighted by molar-refractivity contribution is 5.70. The Morgan fingerprint density at radius 3 is 2.62 bits per heavy atom. The van der Waals surface area contributed by atoms with Crippen LogP contribution in [-0.2, 0) is 17.8 Å². The Morgan fingerprint density at radius 2 is 1.85 bits per heavy atom. The Bertz CT molecular complexity index is 824. The lowest BCUT2D eigenvalue weighted by molar-refractivity contribution is -0.108. The summed E-state index contributed by atoms with van der Waals surface area (Å²) in [5.74, 6) is 0. The van der Waals surface area contributed by atoms with E-state index in [9.17, 15) is 4.79 Å². The number of nitrogens with zero attached hydrogens (tertiary/aromatic N) is 2. The molecule has 1 N–H and O–H groups in total. The van der Waals surface area contributed by atoms with Crippen LogP contribution in [0, 0.1) is 0 Å². The number of hydrogen-bond donors (Lipinski definition) is 1. The average molecular weight is 464 g/mol. The molecule has 2 aliphatic heterocycles. The lowest BCUT2D eigenvalue weighted by Gasteiger charge is -2.27. The van der Waals surface area contributed by atoms with E-state index in [1.165, 1.54) is 86.8 Å². The number of aldehydes is 1. The summed E-state index contributed by atoms with van der Waals surface area (Å²) in [5, 5.41) is 3.53. The topological polar surface area (TPSA) is 35.6 Å². The number of aryl methyl sites for hydroxylation is 1. The third-order valence-corrected chi connectivity index (χ3v) is 7.30. The van der Waals surface area contributed by atoms with Crippen molar-refractivity contribution in [3.8, 4) is 0 Å². The maximum Gasteiger partial charge on any atom is 0.120 e. The van der Waals surface area contributed by atoms with Gasteiger partial charge in [0, 0.05) is 49.1 Å². The molecule has 0 bridgehead atoms. The van der Waals surface area contributed by atoms with Crippen molar-refractivity contribution in [2.24, 2.45) is 0 Å². The normalized spacial score (nSPS) is 16.8. The lowest BCUT2D eigenvalue weighted by Crippen LogP contribution is -2.34. The van der Waals surface area contributed by atoms with Crippen LogP contribution in [0.5, 0.6) is 0 Å². The SMILES string of the molecule is C=CC(CCC=O)N1Cc2cc(CCCCCCCNC(=C)CN3CCCCC3)ccc2C1=C. The van der Waals surface area contributed by atoms with E-state index in [-0.39, 0.29) is 6.04 Å². The van der Waals surface area contributed by atoms with Gasteiger partial charge in [-0.3, -0.25) is 4.90 Å². The fourth-order valence-electron chi connectivity index (χ4n) is 5.30. The Labute approximate surface area is 207 Å². The van der Waals surface area contributed by atoms with Gasteiger partial charge in [0.25, 0.3) is 0 Å². The highest BCUT2D eigenvalue weighted by atomic mass is 16.1. The molecule has 4 heteroatoms. The van der Waals surface area contributed by atoms with Crippen LogP contribution >= 0.6 is 0 Å². The van der Waals surface area contributed by atoms with Crippen LogP contribution in [0.3, 0.4) is 0 Å². The van der Waals surface area contributed by atoms with Crippen molar-refractivity contribution in [2.75, 3.05) is 26.2 Å². The molecule has 1 atom stereocenters. The van der Waals surface area contributed by atoms with E-state index < -0.39 is 0 Å². The van der Waals surface area contributed by atoms with Gasteiger partial charge in [-0.1, -0.05) is 63.1 Å². The number of piperidine rings is 1. The van der Waals surface area contributed by atoms with Gasteiger partial charge in [0.05, 0.1) is 0 Å². The smallest absolute Gasteiger partial charge is 0.120 e. The number of nitrogens with one attached hydrogen (secondary N) is 1. The molecule has 186 valence electrons. The van der Waals surface area contributed by atoms with Crippen molar-refractivity contribution in [2.45, 2.75) is 83.2 Å². The molecule has 1 unspecified atom stereocenters. The summed E-state index contributed by atoms with van der Waals surface area (Å²) in [6.45, 7) is 17.9. The van der Waals surface area contributed by atoms with E-state index in [1.807, 2.05) is 6.08 Å². The maximum absolute atomic E-state index is 10.8. The molecule has 1 aromatic rings. The minimum Gasteiger partial charge on any atom is -0.388 e. The van der Waals surface area contributed by atoms with Gasteiger partial charge in [0.15, 0.2) is 0 Å². The van der Waals surface area contributed by atoms with Crippen LogP contribution in [0.25, 0.3) is 5.70 Å². The number of carbonyl (C=O) groups excluding carboxylic acids is 1. The summed E-state index contributed by atoms with van der Waals surface area (Å²) < 4.78 is 0. The quantitative estimate of drug-likeness (QED) is 0.183. The zero-order valence-electron chi connectivity index (χ0n) is 21.2. The number of fused-ring (bicyclic) bond motifs is 1. The Hall–Kier alpha value is -2.33. The first-order chi connectivity index (χ1) is 16.6. The van der Waals surface area contributed by atoms with E-state index in [0.717, 1.165) is 44.5 Å². The van der Waals surface area contributed by atoms with Crippen LogP contribution in [0.1, 0.15) is 80.9 Å². The zero-order chi connectivity index (χ0) is 24.2. The predicted octanol–water partition coefficient (Wildman–Crippen LogP) is 6.09. The standard InChI is InChI=1S/C30H45N3O/c1-4-29(15-13-21-34)33-24-28-22-27(16-17-30(28)26(33)3)14-9-6-5-7-10-18-31-25(2)23-32-19-11-8-12-20-32/h4,16-17,21-22,29,31H,1-3,5-15,18-20,23-24H2. The first kappa shape index (κ1) is 26.3. The fraction of sp³-hybridized carbons (Fsp3) is 0.567. The van der Waals surface area contributed by atoms with E-state index >= 15 is 0 Å². The molecule has 1 fully saturated rings. The number of unbranched alkanes of at least 4 members (excludes halogenated alkanes) is 4. The summed E-state index contributed by atoms with van der Waals surface area (Å²) in [7, 11) is 0. The van der Waals surface area contributed by atoms with Gasteiger partial charge in [0.1, 0.15) is 6.29 Å². The van der Waals surface area contributed by atoms with Crippen molar-refractivity contribution >= 4 is 12.0 Å². The van der Waals surface area contributed by atoms with E-state index in [0.29, 0.717) is 6.42 Å². The minimum atomic E-state index is 0.171. The predicted molar refractivity (Wildman–Crippen MR) is 145 cm³/mol. The van der Waals surface area contributed by atoms with Gasteiger partial charge in [-0.2, -0.15) is 0 Å². The van der Waals surface area contributed by atoms with Crippen LogP contribution in [-0.4, -0.2) is 48.3 Å². The molecule has 0 aliphatic carbocycles. The molecule has 0 amide bonds. The second kappa shape index (κ2) is 14.2. The molecule has 3 rings (SSSR count). The zero-order valence-corrected chi connectivity index (χ0v) is 21.2. The maximum atomic E-state index is 10.8. The summed E-state index contributed by atoms with van der Waals surface area (Å²) in [6, 6.07) is 7.03. The number of likely N-dealkylation sites (tertiary alicyclic amines) is 1. The number of rotatable bonds is 16. The minimum absolute atomic E-state index is 0.171. The molecule has 2 aliphatic rings. The summed E-state index contributed by atoms with van der Waals surface area (Å²) in [5.41, 5.74) is 6.27. The molecule has 0 aromatic heterocycles. The summed E-state index contributed by atoms with van der Waals surface area (Å²) >= 11 is 0. The third kappa shape index (κ3) is 7.87.